The number of hydrogen-bond donors (Lipinski definition) is 3. The minimum atomic E-state index is -2.59. The van der Waals surface area contributed by atoms with E-state index in [9.17, 15) is 22.7 Å². The lowest BCUT2D eigenvalue weighted by molar-refractivity contribution is 0.151. The molecule has 0 amide bonds. The van der Waals surface area contributed by atoms with Crippen LogP contribution in [0.5, 0.6) is 0 Å². The highest BCUT2D eigenvalue weighted by molar-refractivity contribution is 6.02. The van der Waals surface area contributed by atoms with Crippen LogP contribution in [0.1, 0.15) is 42.9 Å². The molecule has 1 fully saturated rings. The summed E-state index contributed by atoms with van der Waals surface area (Å²) in [7, 11) is 0. The number of rotatable bonds is 5. The van der Waals surface area contributed by atoms with Crippen LogP contribution >= 0.6 is 0 Å². The zero-order valence-corrected chi connectivity index (χ0v) is 18.6. The molecule has 2 aliphatic rings. The minimum absolute atomic E-state index is 0.0465. The molecular formula is C25H26F4N4O. The second kappa shape index (κ2) is 9.99. The average Bonchev–Trinajstić information content (AvgIpc) is 3.30. The minimum Gasteiger partial charge on any atom is -0.394 e. The van der Waals surface area contributed by atoms with E-state index in [-0.39, 0.29) is 18.2 Å². The third-order valence-corrected chi connectivity index (χ3v) is 6.05. The number of nitrogens with two attached hydrogens (primary N) is 1. The monoisotopic (exact) mass is 474 g/mol. The average molecular weight is 475 g/mol. The molecule has 34 heavy (non-hydrogen) atoms. The van der Waals surface area contributed by atoms with Crippen LogP contribution in [-0.2, 0) is 0 Å². The first-order chi connectivity index (χ1) is 16.3. The van der Waals surface area contributed by atoms with Gasteiger partial charge in [0.1, 0.15) is 11.7 Å². The largest absolute Gasteiger partial charge is 0.394 e. The highest BCUT2D eigenvalue weighted by Gasteiger charge is 2.29. The number of likely N-dealkylation sites (tertiary alicyclic amines) is 1. The van der Waals surface area contributed by atoms with Crippen LogP contribution in [0.3, 0.4) is 0 Å². The van der Waals surface area contributed by atoms with Gasteiger partial charge in [-0.05, 0) is 43.5 Å². The molecule has 2 aromatic carbocycles. The zero-order valence-electron chi connectivity index (χ0n) is 18.6. The van der Waals surface area contributed by atoms with Crippen LogP contribution < -0.4 is 11.1 Å². The Hall–Kier alpha value is -3.17. The highest BCUT2D eigenvalue weighted by atomic mass is 19.3. The fourth-order valence-corrected chi connectivity index (χ4v) is 4.31. The van der Waals surface area contributed by atoms with E-state index < -0.39 is 24.1 Å². The summed E-state index contributed by atoms with van der Waals surface area (Å²) in [6.45, 7) is 2.38. The molecule has 1 saturated heterocycles. The fourth-order valence-electron chi connectivity index (χ4n) is 4.31. The van der Waals surface area contributed by atoms with Crippen molar-refractivity contribution in [3.8, 4) is 0 Å². The second-order valence-corrected chi connectivity index (χ2v) is 8.43. The number of alkyl halides is 2. The van der Waals surface area contributed by atoms with Crippen molar-refractivity contribution in [1.29, 1.82) is 0 Å². The normalized spacial score (nSPS) is 20.7. The summed E-state index contributed by atoms with van der Waals surface area (Å²) in [6, 6.07) is 8.74. The van der Waals surface area contributed by atoms with E-state index in [0.29, 0.717) is 40.6 Å². The van der Waals surface area contributed by atoms with Crippen molar-refractivity contribution in [2.24, 2.45) is 10.7 Å². The molecule has 0 radical (unpaired) electrons. The molecule has 2 aliphatic heterocycles. The lowest BCUT2D eigenvalue weighted by atomic mass is 9.98. The Morgan fingerprint density at radius 2 is 1.91 bits per heavy atom. The summed E-state index contributed by atoms with van der Waals surface area (Å²) in [5, 5.41) is 13.0. The number of halogens is 4. The number of aliphatic hydroxyl groups is 1. The van der Waals surface area contributed by atoms with Gasteiger partial charge in [-0.25, -0.2) is 22.6 Å². The van der Waals surface area contributed by atoms with Crippen LogP contribution in [-0.4, -0.2) is 41.1 Å². The van der Waals surface area contributed by atoms with Crippen molar-refractivity contribution in [2.75, 3.05) is 13.2 Å². The molecule has 180 valence electrons. The Kier molecular flexibility index (Phi) is 7.04. The molecule has 2 atom stereocenters. The fraction of sp³-hybridized carbons (Fsp3) is 0.320. The van der Waals surface area contributed by atoms with E-state index in [1.54, 1.807) is 25.1 Å². The number of hydrogen-bond acceptors (Lipinski definition) is 5. The molecule has 0 aromatic heterocycles. The third-order valence-electron chi connectivity index (χ3n) is 6.05. The first kappa shape index (κ1) is 24.0. The van der Waals surface area contributed by atoms with Gasteiger partial charge in [0, 0.05) is 35.4 Å². The number of aliphatic hydroxyl groups excluding tert-OH is 1. The predicted octanol–water partition coefficient (Wildman–Crippen LogP) is 4.42. The van der Waals surface area contributed by atoms with Gasteiger partial charge < -0.3 is 21.1 Å². The predicted molar refractivity (Wildman–Crippen MR) is 124 cm³/mol. The van der Waals surface area contributed by atoms with E-state index in [4.69, 9.17) is 10.7 Å². The van der Waals surface area contributed by atoms with Gasteiger partial charge in [0.25, 0.3) is 6.43 Å². The molecule has 4 rings (SSSR count). The summed E-state index contributed by atoms with van der Waals surface area (Å²) in [5.41, 5.74) is 8.24. The lowest BCUT2D eigenvalue weighted by Crippen LogP contribution is -2.39. The SMILES string of the molecule is CC(N)/C(=C1/N=C(N2CCCC2CO)C=C(c2ccc(F)c(F)c2)N1)c1ccc(C(F)F)cc1. The summed E-state index contributed by atoms with van der Waals surface area (Å²) >= 11 is 0. The van der Waals surface area contributed by atoms with Crippen LogP contribution in [0.25, 0.3) is 11.3 Å². The van der Waals surface area contributed by atoms with Crippen LogP contribution in [0.2, 0.25) is 0 Å². The third kappa shape index (κ3) is 4.85. The quantitative estimate of drug-likeness (QED) is 0.561. The Morgan fingerprint density at radius 1 is 1.18 bits per heavy atom. The molecule has 2 unspecified atom stereocenters. The topological polar surface area (TPSA) is 73.9 Å². The van der Waals surface area contributed by atoms with Gasteiger partial charge in [-0.1, -0.05) is 24.3 Å². The van der Waals surface area contributed by atoms with E-state index in [0.717, 1.165) is 25.0 Å². The van der Waals surface area contributed by atoms with Crippen LogP contribution in [0.15, 0.2) is 59.4 Å². The second-order valence-electron chi connectivity index (χ2n) is 8.43. The van der Waals surface area contributed by atoms with Crippen molar-refractivity contribution < 1.29 is 22.7 Å². The summed E-state index contributed by atoms with van der Waals surface area (Å²) in [6.07, 6.45) is 0.806. The molecule has 0 saturated carbocycles. The van der Waals surface area contributed by atoms with Crippen molar-refractivity contribution in [3.05, 3.63) is 82.7 Å². The van der Waals surface area contributed by atoms with Gasteiger partial charge in [-0.2, -0.15) is 0 Å². The molecular weight excluding hydrogens is 448 g/mol. The van der Waals surface area contributed by atoms with Gasteiger partial charge in [-0.15, -0.1) is 0 Å². The Morgan fingerprint density at radius 3 is 2.53 bits per heavy atom. The molecule has 9 heteroatoms. The smallest absolute Gasteiger partial charge is 0.263 e. The zero-order chi connectivity index (χ0) is 24.4. The van der Waals surface area contributed by atoms with Gasteiger partial charge in [0.05, 0.1) is 18.3 Å². The maximum atomic E-state index is 14.0. The molecule has 2 heterocycles. The molecule has 0 aliphatic carbocycles. The molecule has 2 aromatic rings. The van der Waals surface area contributed by atoms with Crippen LogP contribution in [0.4, 0.5) is 17.6 Å². The Bertz CT molecular complexity index is 1140. The number of benzene rings is 2. The molecule has 5 nitrogen and oxygen atoms in total. The maximum absolute atomic E-state index is 14.0. The molecule has 4 N–H and O–H groups in total. The van der Waals surface area contributed by atoms with Crippen molar-refractivity contribution in [3.63, 3.8) is 0 Å². The molecule has 0 spiro atoms. The van der Waals surface area contributed by atoms with Crippen molar-refractivity contribution >= 4 is 17.1 Å². The van der Waals surface area contributed by atoms with Gasteiger partial charge in [0.15, 0.2) is 11.6 Å². The standard InChI is InChI=1S/C25H26F4N4O/c1-14(30)23(15-4-6-16(7-5-15)24(28)29)25-31-21(17-8-9-19(26)20(27)11-17)12-22(32-25)33-10-2-3-18(33)13-34/h4-9,11-12,14,18,24,31,34H,2-3,10,13,30H2,1H3/b25-23-. The number of nitrogens with zero attached hydrogens (tertiary/aromatic N) is 2. The van der Waals surface area contributed by atoms with E-state index in [1.807, 2.05) is 4.90 Å². The summed E-state index contributed by atoms with van der Waals surface area (Å²) < 4.78 is 53.6. The van der Waals surface area contributed by atoms with E-state index in [2.05, 4.69) is 5.32 Å². The Labute approximate surface area is 195 Å². The number of nitrogens with one attached hydrogen (secondary N) is 1. The maximum Gasteiger partial charge on any atom is 0.263 e. The van der Waals surface area contributed by atoms with Gasteiger partial charge in [0.2, 0.25) is 0 Å². The van der Waals surface area contributed by atoms with E-state index in [1.165, 1.54) is 18.2 Å². The first-order valence-electron chi connectivity index (χ1n) is 11.1. The van der Waals surface area contributed by atoms with Crippen LogP contribution in [0, 0.1) is 11.6 Å². The number of amidine groups is 1. The van der Waals surface area contributed by atoms with Crippen molar-refractivity contribution in [1.82, 2.24) is 10.2 Å². The Balaban J connectivity index is 1.84. The van der Waals surface area contributed by atoms with Crippen molar-refractivity contribution in [2.45, 2.75) is 38.3 Å². The molecule has 0 bridgehead atoms. The highest BCUT2D eigenvalue weighted by Crippen LogP contribution is 2.30. The number of aliphatic imine (C=N–C) groups is 1. The lowest BCUT2D eigenvalue weighted by Gasteiger charge is -2.30. The first-order valence-corrected chi connectivity index (χ1v) is 11.1. The summed E-state index contributed by atoms with van der Waals surface area (Å²) in [5.74, 6) is -1.02. The van der Waals surface area contributed by atoms with Gasteiger partial charge in [-0.3, -0.25) is 0 Å². The van der Waals surface area contributed by atoms with Gasteiger partial charge >= 0.3 is 0 Å². The van der Waals surface area contributed by atoms with E-state index >= 15 is 0 Å². The summed E-state index contributed by atoms with van der Waals surface area (Å²) in [4.78, 5) is 6.73.